The number of allylic oxidation sites excluding steroid dienone is 3. The van der Waals surface area contributed by atoms with Gasteiger partial charge in [-0.05, 0) is 30.6 Å². The lowest BCUT2D eigenvalue weighted by Crippen LogP contribution is -2.15. The minimum atomic E-state index is 0.115. The lowest BCUT2D eigenvalue weighted by molar-refractivity contribution is -0.118. The van der Waals surface area contributed by atoms with Gasteiger partial charge in [0.05, 0.1) is 12.9 Å². The molecule has 0 saturated carbocycles. The number of ketones is 1. The van der Waals surface area contributed by atoms with Crippen LogP contribution in [0.4, 0.5) is 0 Å². The zero-order valence-electron chi connectivity index (χ0n) is 10.6. The van der Waals surface area contributed by atoms with Crippen LogP contribution in [0.3, 0.4) is 0 Å². The Kier molecular flexibility index (Phi) is 4.35. The molecular formula is C16H18O2. The third-order valence-corrected chi connectivity index (χ3v) is 3.27. The summed E-state index contributed by atoms with van der Waals surface area (Å²) >= 11 is 0. The Morgan fingerprint density at radius 3 is 2.72 bits per heavy atom. The van der Waals surface area contributed by atoms with Gasteiger partial charge in [0, 0.05) is 12.3 Å². The first kappa shape index (κ1) is 12.6. The number of methoxy groups -OCH3 is 1. The molecule has 1 aliphatic carbocycles. The standard InChI is InChI=1S/C16H18O2/c1-18-15-10-8-14(9-11-15)16(17)12-7-13-5-3-2-4-6-13/h2-7,10,12,14H,8-9,11H2,1H3. The maximum Gasteiger partial charge on any atom is 0.159 e. The Morgan fingerprint density at radius 2 is 2.11 bits per heavy atom. The zero-order chi connectivity index (χ0) is 12.8. The summed E-state index contributed by atoms with van der Waals surface area (Å²) in [5.41, 5.74) is 1.06. The molecule has 1 unspecified atom stereocenters. The van der Waals surface area contributed by atoms with Crippen LogP contribution < -0.4 is 0 Å². The predicted molar refractivity (Wildman–Crippen MR) is 72.9 cm³/mol. The van der Waals surface area contributed by atoms with Crippen molar-refractivity contribution in [3.8, 4) is 0 Å². The van der Waals surface area contributed by atoms with Crippen molar-refractivity contribution in [2.45, 2.75) is 19.3 Å². The Morgan fingerprint density at radius 1 is 1.33 bits per heavy atom. The van der Waals surface area contributed by atoms with E-state index in [1.807, 2.05) is 42.5 Å². The van der Waals surface area contributed by atoms with Crippen molar-refractivity contribution < 1.29 is 9.53 Å². The molecule has 1 atom stereocenters. The van der Waals surface area contributed by atoms with Gasteiger partial charge in [-0.15, -0.1) is 0 Å². The molecule has 0 N–H and O–H groups in total. The first-order valence-corrected chi connectivity index (χ1v) is 6.29. The van der Waals surface area contributed by atoms with E-state index in [4.69, 9.17) is 4.74 Å². The van der Waals surface area contributed by atoms with Crippen molar-refractivity contribution in [1.29, 1.82) is 0 Å². The fraction of sp³-hybridized carbons (Fsp3) is 0.312. The molecule has 0 radical (unpaired) electrons. The molecule has 0 fully saturated rings. The van der Waals surface area contributed by atoms with Gasteiger partial charge in [0.2, 0.25) is 0 Å². The van der Waals surface area contributed by atoms with Crippen LogP contribution in [0.2, 0.25) is 0 Å². The van der Waals surface area contributed by atoms with E-state index < -0.39 is 0 Å². The number of rotatable bonds is 4. The summed E-state index contributed by atoms with van der Waals surface area (Å²) < 4.78 is 5.18. The van der Waals surface area contributed by atoms with Crippen molar-refractivity contribution in [3.05, 3.63) is 53.8 Å². The van der Waals surface area contributed by atoms with Crippen LogP contribution in [0.15, 0.2) is 48.2 Å². The van der Waals surface area contributed by atoms with Gasteiger partial charge in [-0.1, -0.05) is 36.4 Å². The lowest BCUT2D eigenvalue weighted by atomic mass is 9.89. The summed E-state index contributed by atoms with van der Waals surface area (Å²) in [5.74, 6) is 1.33. The van der Waals surface area contributed by atoms with Gasteiger partial charge in [-0.2, -0.15) is 0 Å². The molecule has 0 aliphatic heterocycles. The van der Waals surface area contributed by atoms with Gasteiger partial charge in [0.25, 0.3) is 0 Å². The van der Waals surface area contributed by atoms with E-state index in [0.29, 0.717) is 0 Å². The Bertz CT molecular complexity index is 457. The first-order chi connectivity index (χ1) is 8.79. The second kappa shape index (κ2) is 6.20. The van der Waals surface area contributed by atoms with Crippen molar-refractivity contribution in [1.82, 2.24) is 0 Å². The molecule has 0 spiro atoms. The van der Waals surface area contributed by atoms with Crippen LogP contribution in [0.5, 0.6) is 0 Å². The molecule has 2 nitrogen and oxygen atoms in total. The molecule has 1 aliphatic rings. The quantitative estimate of drug-likeness (QED) is 0.754. The second-order valence-electron chi connectivity index (χ2n) is 4.49. The highest BCUT2D eigenvalue weighted by Gasteiger charge is 2.19. The highest BCUT2D eigenvalue weighted by molar-refractivity contribution is 5.95. The van der Waals surface area contributed by atoms with Crippen molar-refractivity contribution in [2.75, 3.05) is 7.11 Å². The number of carbonyl (C=O) groups is 1. The van der Waals surface area contributed by atoms with Crippen molar-refractivity contribution >= 4 is 11.9 Å². The summed E-state index contributed by atoms with van der Waals surface area (Å²) in [7, 11) is 1.68. The van der Waals surface area contributed by atoms with Gasteiger partial charge >= 0.3 is 0 Å². The molecule has 0 saturated heterocycles. The molecule has 0 aromatic heterocycles. The van der Waals surface area contributed by atoms with Crippen LogP contribution in [-0.4, -0.2) is 12.9 Å². The molecule has 0 heterocycles. The monoisotopic (exact) mass is 242 g/mol. The number of carbonyl (C=O) groups excluding carboxylic acids is 1. The smallest absolute Gasteiger partial charge is 0.159 e. The fourth-order valence-corrected chi connectivity index (χ4v) is 2.13. The van der Waals surface area contributed by atoms with Crippen molar-refractivity contribution in [3.63, 3.8) is 0 Å². The van der Waals surface area contributed by atoms with Gasteiger partial charge in [-0.3, -0.25) is 4.79 Å². The van der Waals surface area contributed by atoms with Crippen LogP contribution in [-0.2, 0) is 9.53 Å². The molecule has 18 heavy (non-hydrogen) atoms. The van der Waals surface area contributed by atoms with E-state index in [2.05, 4.69) is 0 Å². The second-order valence-corrected chi connectivity index (χ2v) is 4.49. The van der Waals surface area contributed by atoms with Crippen LogP contribution in [0.25, 0.3) is 6.08 Å². The lowest BCUT2D eigenvalue weighted by Gasteiger charge is -2.18. The molecule has 1 aromatic carbocycles. The molecule has 2 heteroatoms. The number of hydrogen-bond donors (Lipinski definition) is 0. The number of ether oxygens (including phenoxy) is 1. The van der Waals surface area contributed by atoms with E-state index >= 15 is 0 Å². The maximum atomic E-state index is 12.0. The highest BCUT2D eigenvalue weighted by Crippen LogP contribution is 2.24. The van der Waals surface area contributed by atoms with Gasteiger partial charge in [0.1, 0.15) is 0 Å². The third-order valence-electron chi connectivity index (χ3n) is 3.27. The van der Waals surface area contributed by atoms with E-state index in [0.717, 1.165) is 30.6 Å². The SMILES string of the molecule is COC1=CCC(C(=O)C=Cc2ccccc2)CC1. The minimum absolute atomic E-state index is 0.115. The Balaban J connectivity index is 1.93. The number of benzene rings is 1. The summed E-state index contributed by atoms with van der Waals surface area (Å²) in [4.78, 5) is 12.0. The third kappa shape index (κ3) is 3.33. The average Bonchev–Trinajstić information content (AvgIpc) is 2.46. The van der Waals surface area contributed by atoms with Gasteiger partial charge in [-0.25, -0.2) is 0 Å². The molecule has 0 bridgehead atoms. The number of hydrogen-bond acceptors (Lipinski definition) is 2. The van der Waals surface area contributed by atoms with Crippen LogP contribution >= 0.6 is 0 Å². The summed E-state index contributed by atoms with van der Waals surface area (Å²) in [6, 6.07) is 9.90. The normalized spacial score (nSPS) is 19.6. The summed E-state index contributed by atoms with van der Waals surface area (Å²) in [5, 5.41) is 0. The Labute approximate surface area is 108 Å². The average molecular weight is 242 g/mol. The molecule has 94 valence electrons. The minimum Gasteiger partial charge on any atom is -0.501 e. The highest BCUT2D eigenvalue weighted by atomic mass is 16.5. The molecule has 0 amide bonds. The van der Waals surface area contributed by atoms with Crippen LogP contribution in [0, 0.1) is 5.92 Å². The molecular weight excluding hydrogens is 224 g/mol. The fourth-order valence-electron chi connectivity index (χ4n) is 2.13. The predicted octanol–water partition coefficient (Wildman–Crippen LogP) is 3.60. The zero-order valence-corrected chi connectivity index (χ0v) is 10.6. The molecule has 2 rings (SSSR count). The Hall–Kier alpha value is -1.83. The first-order valence-electron chi connectivity index (χ1n) is 6.29. The van der Waals surface area contributed by atoms with Crippen molar-refractivity contribution in [2.24, 2.45) is 5.92 Å². The maximum absolute atomic E-state index is 12.0. The van der Waals surface area contributed by atoms with E-state index in [1.165, 1.54) is 0 Å². The van der Waals surface area contributed by atoms with Gasteiger partial charge in [0.15, 0.2) is 5.78 Å². The summed E-state index contributed by atoms with van der Waals surface area (Å²) in [6.45, 7) is 0. The summed E-state index contributed by atoms with van der Waals surface area (Å²) in [6.07, 6.45) is 8.16. The van der Waals surface area contributed by atoms with E-state index in [-0.39, 0.29) is 11.7 Å². The van der Waals surface area contributed by atoms with E-state index in [9.17, 15) is 4.79 Å². The van der Waals surface area contributed by atoms with Gasteiger partial charge < -0.3 is 4.74 Å². The van der Waals surface area contributed by atoms with Crippen LogP contribution in [0.1, 0.15) is 24.8 Å². The molecule has 1 aromatic rings. The van der Waals surface area contributed by atoms with E-state index in [1.54, 1.807) is 13.2 Å². The largest absolute Gasteiger partial charge is 0.501 e. The topological polar surface area (TPSA) is 26.3 Å².